The number of unbranched alkanes of at least 4 members (excludes halogenated alkanes) is 3. The third-order valence-corrected chi connectivity index (χ3v) is 24.6. The van der Waals surface area contributed by atoms with E-state index in [0.29, 0.717) is 0 Å². The second-order valence-corrected chi connectivity index (χ2v) is 25.4. The Kier molecular flexibility index (Phi) is 12.1. The maximum atomic E-state index is 13.2. The normalized spacial score (nSPS) is 15.1. The quantitative estimate of drug-likeness (QED) is 0.239. The Balaban J connectivity index is 3.53. The Morgan fingerprint density at radius 1 is 0.871 bits per heavy atom. The zero-order valence-electron chi connectivity index (χ0n) is 20.2. The molecule has 1 unspecified atom stereocenters. The fraction of sp³-hybridized carbons (Fsp3) is 0.750. The van der Waals surface area contributed by atoms with Crippen LogP contribution in [0.4, 0.5) is 13.2 Å². The molecule has 0 aliphatic heterocycles. The van der Waals surface area contributed by atoms with Gasteiger partial charge in [0.2, 0.25) is 0 Å². The molecule has 1 N–H and O–H groups in total. The van der Waals surface area contributed by atoms with Crippen molar-refractivity contribution in [2.75, 3.05) is 0 Å². The molecule has 1 rings (SSSR count). The zero-order valence-corrected chi connectivity index (χ0v) is 23.9. The molecule has 2 nitrogen and oxygen atoms in total. The summed E-state index contributed by atoms with van der Waals surface area (Å²) in [7, 11) is -1.27. The molecule has 180 valence electrons. The maximum absolute atomic E-state index is 13.2. The van der Waals surface area contributed by atoms with Crippen LogP contribution >= 0.6 is 0 Å². The Bertz CT molecular complexity index is 649. The molecule has 0 spiro atoms. The van der Waals surface area contributed by atoms with Crippen molar-refractivity contribution < 1.29 is 17.4 Å². The minimum absolute atomic E-state index is 0.0405. The van der Waals surface area contributed by atoms with Gasteiger partial charge in [0.25, 0.3) is 0 Å². The van der Waals surface area contributed by atoms with E-state index in [4.69, 9.17) is 0 Å². The number of hydrogen-bond donors (Lipinski definition) is 1. The summed E-state index contributed by atoms with van der Waals surface area (Å²) in [6.07, 6.45) is 2.42. The van der Waals surface area contributed by atoms with Crippen LogP contribution in [0, 0.1) is 0 Å². The molecule has 0 saturated carbocycles. The molecule has 0 amide bonds. The molecule has 0 fully saturated rings. The van der Waals surface area contributed by atoms with Crippen molar-refractivity contribution >= 4 is 29.4 Å². The number of benzene rings is 1. The summed E-state index contributed by atoms with van der Waals surface area (Å²) < 4.78 is 59.3. The predicted molar refractivity (Wildman–Crippen MR) is 130 cm³/mol. The van der Waals surface area contributed by atoms with Crippen LogP contribution in [0.25, 0.3) is 0 Å². The summed E-state index contributed by atoms with van der Waals surface area (Å²) in [5.41, 5.74) is 0.271. The van der Waals surface area contributed by atoms with Crippen molar-refractivity contribution in [1.82, 2.24) is 4.72 Å². The van der Waals surface area contributed by atoms with Gasteiger partial charge in [0, 0.05) is 0 Å². The standard InChI is InChI=1S/C12H15F3NOS.3C4H9.Sn/c1-11(2,3)18(17)16-8-9-4-6-10(7-5-9)12(13,14)15;3*1-3-4-2;/h4-8,16H,1-3H3;3*1,3-4H2,2H3;. The molecule has 7 heteroatoms. The van der Waals surface area contributed by atoms with Crippen molar-refractivity contribution in [2.24, 2.45) is 0 Å². The fourth-order valence-electron chi connectivity index (χ4n) is 4.09. The molecule has 2 atom stereocenters. The summed E-state index contributed by atoms with van der Waals surface area (Å²) in [4.78, 5) is 0. The Morgan fingerprint density at radius 2 is 1.29 bits per heavy atom. The molecule has 1 aromatic carbocycles. The molecule has 0 aromatic heterocycles. The summed E-state index contributed by atoms with van der Waals surface area (Å²) in [6, 6.07) is 5.66. The molecule has 31 heavy (non-hydrogen) atoms. The first kappa shape index (κ1) is 29.0. The van der Waals surface area contributed by atoms with Gasteiger partial charge in [-0.15, -0.1) is 0 Å². The molecule has 0 bridgehead atoms. The van der Waals surface area contributed by atoms with Crippen molar-refractivity contribution in [2.45, 2.75) is 108 Å². The van der Waals surface area contributed by atoms with Gasteiger partial charge in [0.15, 0.2) is 0 Å². The van der Waals surface area contributed by atoms with E-state index in [1.807, 2.05) is 20.8 Å². The predicted octanol–water partition coefficient (Wildman–Crippen LogP) is 8.19. The van der Waals surface area contributed by atoms with Crippen LogP contribution in [0.5, 0.6) is 0 Å². The van der Waals surface area contributed by atoms with E-state index < -0.39 is 45.8 Å². The zero-order chi connectivity index (χ0) is 23.7. The van der Waals surface area contributed by atoms with E-state index in [2.05, 4.69) is 25.5 Å². The van der Waals surface area contributed by atoms with Gasteiger partial charge in [0.1, 0.15) is 0 Å². The molecular formula is C24H42F3NOSSn. The molecule has 0 radical (unpaired) electrons. The van der Waals surface area contributed by atoms with Gasteiger partial charge in [-0.25, -0.2) is 0 Å². The van der Waals surface area contributed by atoms with Crippen molar-refractivity contribution in [1.29, 1.82) is 0 Å². The summed E-state index contributed by atoms with van der Waals surface area (Å²) in [6.45, 7) is 12.4. The van der Waals surface area contributed by atoms with Gasteiger partial charge >= 0.3 is 195 Å². The number of nitrogens with one attached hydrogen (secondary N) is 1. The summed E-state index contributed by atoms with van der Waals surface area (Å²) >= 11 is -2.98. The van der Waals surface area contributed by atoms with Crippen LogP contribution in [-0.4, -0.2) is 27.3 Å². The Morgan fingerprint density at radius 3 is 1.61 bits per heavy atom. The topological polar surface area (TPSA) is 29.1 Å². The van der Waals surface area contributed by atoms with Crippen molar-refractivity contribution in [3.05, 3.63) is 35.4 Å². The second kappa shape index (κ2) is 13.0. The molecule has 0 aliphatic rings. The second-order valence-electron chi connectivity index (χ2n) is 9.72. The summed E-state index contributed by atoms with van der Waals surface area (Å²) in [5.74, 6) is 0. The SMILES string of the molecule is CCC[CH2][Sn]([CH2]CCC)([CH2]CCC)[C@@H](NS(=O)C(C)(C)C)c1ccc(C(F)(F)F)cc1. The van der Waals surface area contributed by atoms with Crippen LogP contribution in [0.15, 0.2) is 24.3 Å². The van der Waals surface area contributed by atoms with Crippen LogP contribution in [0.1, 0.15) is 95.3 Å². The monoisotopic (exact) mass is 569 g/mol. The molecule has 0 aliphatic carbocycles. The Labute approximate surface area is 194 Å². The van der Waals surface area contributed by atoms with E-state index in [1.54, 1.807) is 12.1 Å². The van der Waals surface area contributed by atoms with Crippen molar-refractivity contribution in [3.8, 4) is 0 Å². The number of hydrogen-bond acceptors (Lipinski definition) is 1. The van der Waals surface area contributed by atoms with Crippen LogP contribution in [-0.2, 0) is 17.2 Å². The first-order valence-corrected chi connectivity index (χ1v) is 20.6. The molecule has 0 saturated heterocycles. The van der Waals surface area contributed by atoms with Gasteiger partial charge in [0.05, 0.1) is 0 Å². The van der Waals surface area contributed by atoms with E-state index >= 15 is 0 Å². The van der Waals surface area contributed by atoms with Crippen LogP contribution in [0.2, 0.25) is 13.3 Å². The number of halogens is 3. The van der Waals surface area contributed by atoms with E-state index in [1.165, 1.54) is 25.4 Å². The fourth-order valence-corrected chi connectivity index (χ4v) is 24.3. The first-order valence-electron chi connectivity index (χ1n) is 11.8. The van der Waals surface area contributed by atoms with Gasteiger partial charge in [-0.3, -0.25) is 0 Å². The number of alkyl halides is 3. The third kappa shape index (κ3) is 8.99. The van der Waals surface area contributed by atoms with Gasteiger partial charge in [-0.1, -0.05) is 0 Å². The van der Waals surface area contributed by atoms with E-state index in [0.717, 1.165) is 44.1 Å². The van der Waals surface area contributed by atoms with Crippen LogP contribution in [0.3, 0.4) is 0 Å². The van der Waals surface area contributed by atoms with Gasteiger partial charge < -0.3 is 0 Å². The first-order chi connectivity index (χ1) is 14.4. The Hall–Kier alpha value is -0.0813. The van der Waals surface area contributed by atoms with Gasteiger partial charge in [-0.2, -0.15) is 0 Å². The molecule has 0 heterocycles. The average Bonchev–Trinajstić information content (AvgIpc) is 2.70. The average molecular weight is 568 g/mol. The van der Waals surface area contributed by atoms with Gasteiger partial charge in [-0.05, 0) is 0 Å². The van der Waals surface area contributed by atoms with Crippen LogP contribution < -0.4 is 4.72 Å². The van der Waals surface area contributed by atoms with E-state index in [9.17, 15) is 17.4 Å². The number of rotatable bonds is 13. The van der Waals surface area contributed by atoms with E-state index in [-0.39, 0.29) is 4.06 Å². The molecule has 1 aromatic rings. The summed E-state index contributed by atoms with van der Waals surface area (Å²) in [5, 5.41) is 0. The third-order valence-electron chi connectivity index (χ3n) is 6.05. The van der Waals surface area contributed by atoms with Crippen molar-refractivity contribution in [3.63, 3.8) is 0 Å². The molecular weight excluding hydrogens is 526 g/mol. The minimum atomic E-state index is -4.34.